The maximum absolute atomic E-state index is 3.59. The average Bonchev–Trinajstić information content (AvgIpc) is 2.46. The van der Waals surface area contributed by atoms with Crippen LogP contribution in [-0.4, -0.2) is 12.1 Å². The molecule has 0 radical (unpaired) electrons. The van der Waals surface area contributed by atoms with Gasteiger partial charge in [-0.05, 0) is 32.1 Å². The van der Waals surface area contributed by atoms with E-state index in [1.165, 1.54) is 19.3 Å². The third-order valence-corrected chi connectivity index (χ3v) is 1.92. The summed E-state index contributed by atoms with van der Waals surface area (Å²) < 4.78 is 0. The van der Waals surface area contributed by atoms with Crippen LogP contribution in [0.1, 0.15) is 40.0 Å². The van der Waals surface area contributed by atoms with Crippen LogP contribution in [0.5, 0.6) is 0 Å². The van der Waals surface area contributed by atoms with E-state index < -0.39 is 0 Å². The van der Waals surface area contributed by atoms with Crippen LogP contribution >= 0.6 is 0 Å². The molecule has 1 aliphatic rings. The van der Waals surface area contributed by atoms with Crippen LogP contribution in [0.15, 0.2) is 0 Å². The van der Waals surface area contributed by atoms with Crippen molar-refractivity contribution in [3.63, 3.8) is 0 Å². The summed E-state index contributed by atoms with van der Waals surface area (Å²) in [5.74, 6) is 0.834. The first-order chi connectivity index (χ1) is 4.68. The normalized spacial score (nSPS) is 21.6. The molecule has 0 aromatic heterocycles. The van der Waals surface area contributed by atoms with E-state index in [1.807, 2.05) is 0 Å². The Labute approximate surface area is 64.2 Å². The summed E-state index contributed by atoms with van der Waals surface area (Å²) in [4.78, 5) is 0. The lowest BCUT2D eigenvalue weighted by Crippen LogP contribution is -2.29. The van der Waals surface area contributed by atoms with Crippen LogP contribution in [0.3, 0.4) is 0 Å². The number of nitrogens with one attached hydrogen (secondary N) is 1. The molecule has 1 aliphatic carbocycles. The second-order valence-electron chi connectivity index (χ2n) is 3.97. The van der Waals surface area contributed by atoms with Gasteiger partial charge >= 0.3 is 0 Å². The number of hydrogen-bond acceptors (Lipinski definition) is 1. The molecule has 1 rings (SSSR count). The van der Waals surface area contributed by atoms with E-state index >= 15 is 0 Å². The van der Waals surface area contributed by atoms with E-state index in [0.29, 0.717) is 0 Å². The Hall–Kier alpha value is -0.0400. The minimum absolute atomic E-state index is 0.729. The average molecular weight is 141 g/mol. The number of rotatable bonds is 4. The summed E-state index contributed by atoms with van der Waals surface area (Å²) in [6.07, 6.45) is 4.13. The summed E-state index contributed by atoms with van der Waals surface area (Å²) >= 11 is 0. The SMILES string of the molecule is CC(C)CC(C)NC1CC1. The van der Waals surface area contributed by atoms with Gasteiger partial charge in [0.05, 0.1) is 0 Å². The zero-order valence-corrected chi connectivity index (χ0v) is 7.35. The molecule has 0 amide bonds. The van der Waals surface area contributed by atoms with Gasteiger partial charge in [0.2, 0.25) is 0 Å². The van der Waals surface area contributed by atoms with E-state index in [9.17, 15) is 0 Å². The highest BCUT2D eigenvalue weighted by molar-refractivity contribution is 4.83. The maximum Gasteiger partial charge on any atom is 0.00706 e. The van der Waals surface area contributed by atoms with Gasteiger partial charge in [-0.1, -0.05) is 13.8 Å². The fourth-order valence-electron chi connectivity index (χ4n) is 1.43. The van der Waals surface area contributed by atoms with Crippen LogP contribution in [0, 0.1) is 5.92 Å². The predicted octanol–water partition coefficient (Wildman–Crippen LogP) is 2.17. The van der Waals surface area contributed by atoms with Crippen LogP contribution in [0.4, 0.5) is 0 Å². The van der Waals surface area contributed by atoms with Crippen molar-refractivity contribution in [3.8, 4) is 0 Å². The minimum Gasteiger partial charge on any atom is -0.311 e. The van der Waals surface area contributed by atoms with Crippen molar-refractivity contribution in [2.75, 3.05) is 0 Å². The highest BCUT2D eigenvalue weighted by Crippen LogP contribution is 2.20. The van der Waals surface area contributed by atoms with E-state index in [4.69, 9.17) is 0 Å². The number of hydrogen-bond donors (Lipinski definition) is 1. The Morgan fingerprint density at radius 3 is 2.30 bits per heavy atom. The first kappa shape index (κ1) is 8.06. The van der Waals surface area contributed by atoms with Crippen molar-refractivity contribution in [2.45, 2.75) is 52.1 Å². The predicted molar refractivity (Wildman–Crippen MR) is 45.1 cm³/mol. The van der Waals surface area contributed by atoms with Crippen molar-refractivity contribution in [2.24, 2.45) is 5.92 Å². The van der Waals surface area contributed by atoms with Crippen molar-refractivity contribution >= 4 is 0 Å². The highest BCUT2D eigenvalue weighted by atomic mass is 15.0. The van der Waals surface area contributed by atoms with Gasteiger partial charge in [-0.25, -0.2) is 0 Å². The molecule has 1 atom stereocenters. The first-order valence-electron chi connectivity index (χ1n) is 4.44. The lowest BCUT2D eigenvalue weighted by atomic mass is 10.1. The van der Waals surface area contributed by atoms with Crippen LogP contribution in [0.2, 0.25) is 0 Å². The molecule has 10 heavy (non-hydrogen) atoms. The third kappa shape index (κ3) is 3.21. The summed E-state index contributed by atoms with van der Waals surface area (Å²) in [5.41, 5.74) is 0. The molecule has 0 aliphatic heterocycles. The Balaban J connectivity index is 2.02. The zero-order valence-electron chi connectivity index (χ0n) is 7.35. The molecule has 0 aromatic rings. The molecule has 0 heterocycles. The largest absolute Gasteiger partial charge is 0.311 e. The molecule has 60 valence electrons. The van der Waals surface area contributed by atoms with Crippen LogP contribution in [0.25, 0.3) is 0 Å². The molecule has 1 fully saturated rings. The van der Waals surface area contributed by atoms with Crippen LogP contribution in [-0.2, 0) is 0 Å². The summed E-state index contributed by atoms with van der Waals surface area (Å²) in [6, 6.07) is 1.60. The van der Waals surface area contributed by atoms with Gasteiger partial charge in [0.1, 0.15) is 0 Å². The molecular weight excluding hydrogens is 122 g/mol. The quantitative estimate of drug-likeness (QED) is 0.632. The van der Waals surface area contributed by atoms with Gasteiger partial charge in [-0.15, -0.1) is 0 Å². The van der Waals surface area contributed by atoms with Gasteiger partial charge in [-0.2, -0.15) is 0 Å². The summed E-state index contributed by atoms with van der Waals surface area (Å²) in [6.45, 7) is 6.86. The molecule has 0 aromatic carbocycles. The van der Waals surface area contributed by atoms with Gasteiger partial charge in [0.25, 0.3) is 0 Å². The van der Waals surface area contributed by atoms with Crippen molar-refractivity contribution in [3.05, 3.63) is 0 Å². The fraction of sp³-hybridized carbons (Fsp3) is 1.00. The Morgan fingerprint density at radius 2 is 1.90 bits per heavy atom. The molecule has 1 heteroatoms. The monoisotopic (exact) mass is 141 g/mol. The molecule has 1 unspecified atom stereocenters. The summed E-state index contributed by atoms with van der Waals surface area (Å²) in [5, 5.41) is 3.59. The Bertz CT molecular complexity index is 90.9. The van der Waals surface area contributed by atoms with Crippen molar-refractivity contribution in [1.29, 1.82) is 0 Å². The summed E-state index contributed by atoms with van der Waals surface area (Å²) in [7, 11) is 0. The molecule has 0 saturated heterocycles. The van der Waals surface area contributed by atoms with E-state index in [1.54, 1.807) is 0 Å². The molecule has 1 nitrogen and oxygen atoms in total. The van der Waals surface area contributed by atoms with Gasteiger partial charge < -0.3 is 5.32 Å². The van der Waals surface area contributed by atoms with Crippen LogP contribution < -0.4 is 5.32 Å². The van der Waals surface area contributed by atoms with E-state index in [2.05, 4.69) is 26.1 Å². The Kier molecular flexibility index (Phi) is 2.72. The second kappa shape index (κ2) is 3.38. The zero-order chi connectivity index (χ0) is 7.56. The van der Waals surface area contributed by atoms with E-state index in [-0.39, 0.29) is 0 Å². The molecule has 0 spiro atoms. The first-order valence-corrected chi connectivity index (χ1v) is 4.44. The molecule has 1 saturated carbocycles. The van der Waals surface area contributed by atoms with Crippen molar-refractivity contribution < 1.29 is 0 Å². The fourth-order valence-corrected chi connectivity index (χ4v) is 1.43. The maximum atomic E-state index is 3.59. The Morgan fingerprint density at radius 1 is 1.30 bits per heavy atom. The van der Waals surface area contributed by atoms with Gasteiger partial charge in [0.15, 0.2) is 0 Å². The van der Waals surface area contributed by atoms with Crippen molar-refractivity contribution in [1.82, 2.24) is 5.32 Å². The second-order valence-corrected chi connectivity index (χ2v) is 3.97. The third-order valence-electron chi connectivity index (χ3n) is 1.92. The lowest BCUT2D eigenvalue weighted by molar-refractivity contribution is 0.440. The minimum atomic E-state index is 0.729. The van der Waals surface area contributed by atoms with E-state index in [0.717, 1.165) is 18.0 Å². The van der Waals surface area contributed by atoms with Gasteiger partial charge in [-0.3, -0.25) is 0 Å². The molecule has 1 N–H and O–H groups in total. The molecular formula is C9H19N. The van der Waals surface area contributed by atoms with Gasteiger partial charge in [0, 0.05) is 12.1 Å². The standard InChI is InChI=1S/C9H19N/c1-7(2)6-8(3)10-9-4-5-9/h7-10H,4-6H2,1-3H3. The topological polar surface area (TPSA) is 12.0 Å². The lowest BCUT2D eigenvalue weighted by Gasteiger charge is -2.14. The smallest absolute Gasteiger partial charge is 0.00706 e. The highest BCUT2D eigenvalue weighted by Gasteiger charge is 2.22. The molecule has 0 bridgehead atoms.